The molecule has 1 unspecified atom stereocenters. The fraction of sp³-hybridized carbons (Fsp3) is 0.333. The molecule has 0 fully saturated rings. The van der Waals surface area contributed by atoms with Crippen LogP contribution in [0.3, 0.4) is 0 Å². The maximum Gasteiger partial charge on any atom is 0.414 e. The maximum absolute atomic E-state index is 12.6. The Hall–Kier alpha value is -1.82. The molecule has 0 aromatic rings. The van der Waals surface area contributed by atoms with Crippen LogP contribution in [0.4, 0.5) is 13.2 Å². The van der Waals surface area contributed by atoms with Crippen LogP contribution in [-0.4, -0.2) is 34.0 Å². The zero-order valence-electron chi connectivity index (χ0n) is 8.56. The fourth-order valence-electron chi connectivity index (χ4n) is 1.18. The number of hydrogen-bond donors (Lipinski definition) is 1. The average molecular weight is 278 g/mol. The third-order valence-electron chi connectivity index (χ3n) is 1.86. The maximum atomic E-state index is 12.6. The van der Waals surface area contributed by atoms with Gasteiger partial charge in [-0.3, -0.25) is 9.59 Å². The minimum Gasteiger partial charge on any atom is -0.481 e. The molecule has 1 amide bonds. The van der Waals surface area contributed by atoms with Crippen molar-refractivity contribution in [1.82, 2.24) is 0 Å². The van der Waals surface area contributed by atoms with Gasteiger partial charge < -0.3 is 5.11 Å². The molecule has 0 bridgehead atoms. The number of aliphatic imine (C=N–C) groups is 1. The van der Waals surface area contributed by atoms with Crippen LogP contribution in [0.15, 0.2) is 16.6 Å². The highest BCUT2D eigenvalue weighted by Gasteiger charge is 2.43. The molecular weight excluding hydrogens is 273 g/mol. The SMILES string of the molecule is N#CC1C(C(F)(F)F)=CC(=O)N=C1SCC(=O)O. The van der Waals surface area contributed by atoms with Gasteiger partial charge >= 0.3 is 12.1 Å². The van der Waals surface area contributed by atoms with Crippen LogP contribution in [0.1, 0.15) is 0 Å². The van der Waals surface area contributed by atoms with E-state index in [1.807, 2.05) is 0 Å². The van der Waals surface area contributed by atoms with Gasteiger partial charge in [0.25, 0.3) is 5.91 Å². The van der Waals surface area contributed by atoms with Gasteiger partial charge in [0, 0.05) is 6.08 Å². The standard InChI is InChI=1S/C9H5F3N2O3S/c10-9(11,12)5-1-6(15)14-8(4(5)2-13)18-3-7(16)17/h1,4H,3H2,(H,16,17). The van der Waals surface area contributed by atoms with Crippen LogP contribution in [0, 0.1) is 17.2 Å². The first-order valence-corrected chi connectivity index (χ1v) is 5.39. The number of hydrogen-bond acceptors (Lipinski definition) is 4. The van der Waals surface area contributed by atoms with Crippen molar-refractivity contribution >= 4 is 28.7 Å². The number of alkyl halides is 3. The van der Waals surface area contributed by atoms with E-state index in [1.54, 1.807) is 0 Å². The number of allylic oxidation sites excluding steroid dienone is 1. The van der Waals surface area contributed by atoms with E-state index in [0.717, 1.165) is 0 Å². The van der Waals surface area contributed by atoms with E-state index in [9.17, 15) is 22.8 Å². The average Bonchev–Trinajstić information content (AvgIpc) is 2.24. The van der Waals surface area contributed by atoms with Crippen LogP contribution in [0.2, 0.25) is 0 Å². The Morgan fingerprint density at radius 2 is 2.22 bits per heavy atom. The number of carbonyl (C=O) groups excluding carboxylic acids is 1. The number of thioether (sulfide) groups is 1. The molecule has 18 heavy (non-hydrogen) atoms. The number of nitrogens with zero attached hydrogens (tertiary/aromatic N) is 2. The summed E-state index contributed by atoms with van der Waals surface area (Å²) in [6, 6.07) is 1.37. The van der Waals surface area contributed by atoms with Gasteiger partial charge in [-0.15, -0.1) is 0 Å². The largest absolute Gasteiger partial charge is 0.481 e. The molecule has 1 aliphatic rings. The van der Waals surface area contributed by atoms with Crippen molar-refractivity contribution in [3.05, 3.63) is 11.6 Å². The molecule has 5 nitrogen and oxygen atoms in total. The highest BCUT2D eigenvalue weighted by Crippen LogP contribution is 2.36. The zero-order chi connectivity index (χ0) is 13.9. The van der Waals surface area contributed by atoms with Crippen molar-refractivity contribution < 1.29 is 27.9 Å². The number of carbonyl (C=O) groups is 2. The topological polar surface area (TPSA) is 90.5 Å². The normalized spacial score (nSPS) is 19.9. The highest BCUT2D eigenvalue weighted by molar-refractivity contribution is 8.14. The molecule has 1 atom stereocenters. The first-order valence-electron chi connectivity index (χ1n) is 4.41. The molecule has 0 saturated carbocycles. The molecule has 9 heteroatoms. The summed E-state index contributed by atoms with van der Waals surface area (Å²) in [4.78, 5) is 24.6. The van der Waals surface area contributed by atoms with Crippen molar-refractivity contribution in [2.75, 3.05) is 5.75 Å². The fourth-order valence-corrected chi connectivity index (χ4v) is 1.95. The molecule has 0 radical (unpaired) electrons. The Morgan fingerprint density at radius 3 is 2.67 bits per heavy atom. The Balaban J connectivity index is 3.03. The number of rotatable bonds is 2. The summed E-state index contributed by atoms with van der Waals surface area (Å²) in [5, 5.41) is 16.7. The quantitative estimate of drug-likeness (QED) is 0.823. The lowest BCUT2D eigenvalue weighted by molar-refractivity contribution is -0.133. The summed E-state index contributed by atoms with van der Waals surface area (Å²) >= 11 is 0.428. The molecule has 0 saturated heterocycles. The van der Waals surface area contributed by atoms with Crippen molar-refractivity contribution in [3.63, 3.8) is 0 Å². The Morgan fingerprint density at radius 1 is 1.61 bits per heavy atom. The molecule has 0 aromatic heterocycles. The third-order valence-corrected chi connectivity index (χ3v) is 2.87. The predicted molar refractivity (Wildman–Crippen MR) is 55.8 cm³/mol. The van der Waals surface area contributed by atoms with Crippen LogP contribution in [0.5, 0.6) is 0 Å². The van der Waals surface area contributed by atoms with E-state index in [0.29, 0.717) is 11.8 Å². The van der Waals surface area contributed by atoms with Crippen molar-refractivity contribution in [3.8, 4) is 6.07 Å². The number of halogens is 3. The van der Waals surface area contributed by atoms with Crippen molar-refractivity contribution in [2.45, 2.75) is 6.18 Å². The van der Waals surface area contributed by atoms with E-state index in [4.69, 9.17) is 10.4 Å². The minimum absolute atomic E-state index is 0.249. The summed E-state index contributed by atoms with van der Waals surface area (Å²) in [7, 11) is 0. The summed E-state index contributed by atoms with van der Waals surface area (Å²) in [5.74, 6) is -4.76. The molecule has 1 N–H and O–H groups in total. The lowest BCUT2D eigenvalue weighted by Crippen LogP contribution is -2.28. The molecule has 1 heterocycles. The number of aliphatic carboxylic acids is 1. The van der Waals surface area contributed by atoms with Crippen LogP contribution in [-0.2, 0) is 9.59 Å². The Labute approximate surface area is 103 Å². The second kappa shape index (κ2) is 5.22. The number of amides is 1. The van der Waals surface area contributed by atoms with Gasteiger partial charge in [-0.2, -0.15) is 18.4 Å². The van der Waals surface area contributed by atoms with Gasteiger partial charge in [0.1, 0.15) is 5.92 Å². The number of nitriles is 1. The third kappa shape index (κ3) is 3.33. The second-order valence-electron chi connectivity index (χ2n) is 3.13. The van der Waals surface area contributed by atoms with E-state index in [-0.39, 0.29) is 6.08 Å². The van der Waals surface area contributed by atoms with E-state index < -0.39 is 40.3 Å². The van der Waals surface area contributed by atoms with Gasteiger partial charge in [-0.05, 0) is 0 Å². The molecular formula is C9H5F3N2O3S. The Bertz CT molecular complexity index is 490. The number of carboxylic acid groups (broad SMARTS) is 1. The van der Waals surface area contributed by atoms with E-state index in [2.05, 4.69) is 4.99 Å². The molecule has 0 aromatic carbocycles. The van der Waals surface area contributed by atoms with E-state index in [1.165, 1.54) is 6.07 Å². The molecule has 1 rings (SSSR count). The van der Waals surface area contributed by atoms with E-state index >= 15 is 0 Å². The summed E-state index contributed by atoms with van der Waals surface area (Å²) in [5.41, 5.74) is -1.32. The van der Waals surface area contributed by atoms with Crippen LogP contribution >= 0.6 is 11.8 Å². The lowest BCUT2D eigenvalue weighted by Gasteiger charge is -2.20. The van der Waals surface area contributed by atoms with Gasteiger partial charge in [0.05, 0.1) is 22.4 Å². The summed E-state index contributed by atoms with van der Waals surface area (Å²) < 4.78 is 37.7. The summed E-state index contributed by atoms with van der Waals surface area (Å²) in [6.07, 6.45) is -4.58. The smallest absolute Gasteiger partial charge is 0.414 e. The van der Waals surface area contributed by atoms with Crippen LogP contribution < -0.4 is 0 Å². The molecule has 0 aliphatic carbocycles. The zero-order valence-corrected chi connectivity index (χ0v) is 9.38. The van der Waals surface area contributed by atoms with Gasteiger partial charge in [0.2, 0.25) is 0 Å². The van der Waals surface area contributed by atoms with Crippen molar-refractivity contribution in [2.24, 2.45) is 10.9 Å². The molecule has 0 spiro atoms. The monoisotopic (exact) mass is 278 g/mol. The second-order valence-corrected chi connectivity index (χ2v) is 4.13. The Kier molecular flexibility index (Phi) is 4.13. The molecule has 96 valence electrons. The summed E-state index contributed by atoms with van der Waals surface area (Å²) in [6.45, 7) is 0. The lowest BCUT2D eigenvalue weighted by atomic mass is 9.98. The molecule has 1 aliphatic heterocycles. The first kappa shape index (κ1) is 14.2. The van der Waals surface area contributed by atoms with Crippen LogP contribution in [0.25, 0.3) is 0 Å². The van der Waals surface area contributed by atoms with Gasteiger partial charge in [-0.25, -0.2) is 4.99 Å². The number of dihydropyridines is 1. The van der Waals surface area contributed by atoms with Gasteiger partial charge in [-0.1, -0.05) is 11.8 Å². The predicted octanol–water partition coefficient (Wildman–Crippen LogP) is 1.37. The van der Waals surface area contributed by atoms with Crippen molar-refractivity contribution in [1.29, 1.82) is 5.26 Å². The minimum atomic E-state index is -4.83. The van der Waals surface area contributed by atoms with Gasteiger partial charge in [0.15, 0.2) is 0 Å². The highest BCUT2D eigenvalue weighted by atomic mass is 32.2. The first-order chi connectivity index (χ1) is 8.25. The number of carboxylic acids is 1.